The van der Waals surface area contributed by atoms with Gasteiger partial charge in [0.15, 0.2) is 0 Å². The molecule has 92 valence electrons. The fourth-order valence-corrected chi connectivity index (χ4v) is 1.17. The van der Waals surface area contributed by atoms with Crippen molar-refractivity contribution in [3.63, 3.8) is 0 Å². The van der Waals surface area contributed by atoms with Crippen LogP contribution in [0.4, 0.5) is 22.0 Å². The van der Waals surface area contributed by atoms with E-state index in [4.69, 9.17) is 10.8 Å². The van der Waals surface area contributed by atoms with E-state index in [0.717, 1.165) is 0 Å². The molecule has 0 amide bonds. The molecule has 0 rings (SSSR count). The first kappa shape index (κ1) is 14.5. The van der Waals surface area contributed by atoms with Gasteiger partial charge in [-0.2, -0.15) is 13.2 Å². The number of hydrogen-bond acceptors (Lipinski definition) is 3. The summed E-state index contributed by atoms with van der Waals surface area (Å²) in [5, 5.41) is 8.46. The Morgan fingerprint density at radius 3 is 2.07 bits per heavy atom. The molecule has 15 heavy (non-hydrogen) atoms. The smallest absolute Gasteiger partial charge is 0.395 e. The van der Waals surface area contributed by atoms with Crippen molar-refractivity contribution in [2.24, 2.45) is 5.73 Å². The van der Waals surface area contributed by atoms with Crippen molar-refractivity contribution < 1.29 is 27.1 Å². The Balaban J connectivity index is 4.54. The van der Waals surface area contributed by atoms with Crippen molar-refractivity contribution in [2.45, 2.75) is 18.6 Å². The van der Waals surface area contributed by atoms with Gasteiger partial charge in [-0.05, 0) is 0 Å². The predicted octanol–water partition coefficient (Wildman–Crippen LogP) is 0.435. The number of nitrogens with zero attached hydrogens (tertiary/aromatic N) is 1. The maximum Gasteiger partial charge on any atom is 0.405 e. The van der Waals surface area contributed by atoms with E-state index in [1.807, 2.05) is 0 Å². The minimum Gasteiger partial charge on any atom is -0.395 e. The van der Waals surface area contributed by atoms with Crippen LogP contribution < -0.4 is 5.73 Å². The van der Waals surface area contributed by atoms with Crippen LogP contribution in [-0.4, -0.2) is 54.9 Å². The van der Waals surface area contributed by atoms with E-state index in [1.165, 1.54) is 0 Å². The summed E-state index contributed by atoms with van der Waals surface area (Å²) in [6.07, 6.45) is -7.56. The molecule has 0 bridgehead atoms. The summed E-state index contributed by atoms with van der Waals surface area (Å²) in [5.41, 5.74) is 4.88. The molecule has 0 saturated heterocycles. The van der Waals surface area contributed by atoms with Crippen LogP contribution >= 0.6 is 0 Å². The third kappa shape index (κ3) is 5.24. The average molecular weight is 236 g/mol. The van der Waals surface area contributed by atoms with Gasteiger partial charge in [0.2, 0.25) is 0 Å². The van der Waals surface area contributed by atoms with Gasteiger partial charge in [0.05, 0.1) is 13.2 Å². The Kier molecular flexibility index (Phi) is 5.99. The molecule has 0 aliphatic heterocycles. The van der Waals surface area contributed by atoms with E-state index in [-0.39, 0.29) is 0 Å². The molecule has 0 radical (unpaired) electrons. The number of halogens is 5. The van der Waals surface area contributed by atoms with Crippen molar-refractivity contribution in [3.05, 3.63) is 0 Å². The normalized spacial score (nSPS) is 15.0. The van der Waals surface area contributed by atoms with Crippen molar-refractivity contribution >= 4 is 0 Å². The monoisotopic (exact) mass is 236 g/mol. The first-order valence-corrected chi connectivity index (χ1v) is 4.22. The lowest BCUT2D eigenvalue weighted by Crippen LogP contribution is -2.52. The van der Waals surface area contributed by atoms with Crippen LogP contribution in [0, 0.1) is 0 Å². The third-order valence-electron chi connectivity index (χ3n) is 1.80. The Labute approximate surface area is 83.7 Å². The molecule has 1 unspecified atom stereocenters. The minimum absolute atomic E-state index is 0.435. The van der Waals surface area contributed by atoms with Crippen molar-refractivity contribution in [2.75, 3.05) is 26.2 Å². The van der Waals surface area contributed by atoms with Crippen molar-refractivity contribution in [1.82, 2.24) is 4.90 Å². The molecular weight excluding hydrogens is 223 g/mol. The molecule has 0 aliphatic rings. The van der Waals surface area contributed by atoms with E-state index in [1.54, 1.807) is 0 Å². The number of alkyl halides is 5. The van der Waals surface area contributed by atoms with E-state index in [9.17, 15) is 22.0 Å². The van der Waals surface area contributed by atoms with Crippen molar-refractivity contribution in [1.29, 1.82) is 0 Å². The van der Waals surface area contributed by atoms with Crippen LogP contribution in [0.25, 0.3) is 0 Å². The van der Waals surface area contributed by atoms with Gasteiger partial charge in [-0.25, -0.2) is 8.78 Å². The number of aliphatic hydroxyl groups is 1. The molecule has 8 heteroatoms. The molecule has 1 atom stereocenters. The highest BCUT2D eigenvalue weighted by Crippen LogP contribution is 2.24. The molecule has 0 aliphatic carbocycles. The quantitative estimate of drug-likeness (QED) is 0.658. The van der Waals surface area contributed by atoms with Gasteiger partial charge in [-0.15, -0.1) is 0 Å². The zero-order valence-corrected chi connectivity index (χ0v) is 7.84. The topological polar surface area (TPSA) is 49.5 Å². The van der Waals surface area contributed by atoms with Gasteiger partial charge in [-0.1, -0.05) is 0 Å². The second kappa shape index (κ2) is 6.19. The third-order valence-corrected chi connectivity index (χ3v) is 1.80. The zero-order chi connectivity index (χ0) is 12.1. The first-order valence-electron chi connectivity index (χ1n) is 4.22. The maximum atomic E-state index is 12.3. The molecule has 3 nitrogen and oxygen atoms in total. The molecular formula is C7H13F5N2O. The lowest BCUT2D eigenvalue weighted by molar-refractivity contribution is -0.185. The summed E-state index contributed by atoms with van der Waals surface area (Å²) >= 11 is 0. The second-order valence-electron chi connectivity index (χ2n) is 2.90. The maximum absolute atomic E-state index is 12.3. The summed E-state index contributed by atoms with van der Waals surface area (Å²) in [4.78, 5) is 0.435. The average Bonchev–Trinajstić information content (AvgIpc) is 2.01. The van der Waals surface area contributed by atoms with Crippen LogP contribution in [0.1, 0.15) is 0 Å². The highest BCUT2D eigenvalue weighted by atomic mass is 19.4. The highest BCUT2D eigenvalue weighted by molar-refractivity contribution is 4.80. The van der Waals surface area contributed by atoms with Gasteiger partial charge >= 0.3 is 6.18 Å². The molecule has 0 spiro atoms. The van der Waals surface area contributed by atoms with E-state index in [2.05, 4.69) is 0 Å². The van der Waals surface area contributed by atoms with E-state index < -0.39 is 44.9 Å². The molecule has 0 saturated carbocycles. The Morgan fingerprint density at radius 1 is 1.27 bits per heavy atom. The summed E-state index contributed by atoms with van der Waals surface area (Å²) in [7, 11) is 0. The number of nitrogens with two attached hydrogens (primary N) is 1. The fraction of sp³-hybridized carbons (Fsp3) is 1.00. The molecule has 0 aromatic heterocycles. The molecule has 0 fully saturated rings. The van der Waals surface area contributed by atoms with Crippen LogP contribution in [0.5, 0.6) is 0 Å². The van der Waals surface area contributed by atoms with E-state index >= 15 is 0 Å². The second-order valence-corrected chi connectivity index (χ2v) is 2.90. The number of aliphatic hydroxyl groups excluding tert-OH is 1. The van der Waals surface area contributed by atoms with Crippen LogP contribution in [0.2, 0.25) is 0 Å². The lowest BCUT2D eigenvalue weighted by Gasteiger charge is -2.31. The largest absolute Gasteiger partial charge is 0.405 e. The number of hydrogen-bond donors (Lipinski definition) is 2. The minimum atomic E-state index is -4.67. The molecule has 3 N–H and O–H groups in total. The van der Waals surface area contributed by atoms with Gasteiger partial charge < -0.3 is 10.8 Å². The van der Waals surface area contributed by atoms with E-state index in [0.29, 0.717) is 4.90 Å². The Morgan fingerprint density at radius 2 is 1.80 bits per heavy atom. The lowest BCUT2D eigenvalue weighted by atomic mass is 10.2. The fourth-order valence-electron chi connectivity index (χ4n) is 1.17. The summed E-state index contributed by atoms with van der Waals surface area (Å²) < 4.78 is 60.8. The van der Waals surface area contributed by atoms with Crippen molar-refractivity contribution in [3.8, 4) is 0 Å². The van der Waals surface area contributed by atoms with Gasteiger partial charge in [0.1, 0.15) is 6.04 Å². The predicted molar refractivity (Wildman–Crippen MR) is 43.6 cm³/mol. The summed E-state index contributed by atoms with van der Waals surface area (Å²) in [5.74, 6) is 0. The first-order chi connectivity index (χ1) is 6.82. The van der Waals surface area contributed by atoms with Gasteiger partial charge in [-0.3, -0.25) is 4.90 Å². The SMILES string of the molecule is NCC(N(CCO)CC(F)F)C(F)(F)F. The summed E-state index contributed by atoms with van der Waals surface area (Å²) in [6.45, 7) is -2.97. The van der Waals surface area contributed by atoms with Gasteiger partial charge in [0.25, 0.3) is 6.43 Å². The highest BCUT2D eigenvalue weighted by Gasteiger charge is 2.42. The number of rotatable bonds is 6. The van der Waals surface area contributed by atoms with Crippen LogP contribution in [0.15, 0.2) is 0 Å². The standard InChI is InChI=1S/C7H13F5N2O/c8-6(9)4-14(1-2-15)5(3-13)7(10,11)12/h5-6,15H,1-4,13H2. The van der Waals surface area contributed by atoms with Crippen LogP contribution in [-0.2, 0) is 0 Å². The summed E-state index contributed by atoms with van der Waals surface area (Å²) in [6, 6.07) is -2.14. The molecule has 0 heterocycles. The Hall–Kier alpha value is -0.470. The Bertz CT molecular complexity index is 175. The molecule has 0 aromatic rings. The van der Waals surface area contributed by atoms with Gasteiger partial charge in [0, 0.05) is 13.1 Å². The van der Waals surface area contributed by atoms with Crippen LogP contribution in [0.3, 0.4) is 0 Å². The zero-order valence-electron chi connectivity index (χ0n) is 7.84. The molecule has 0 aromatic carbocycles.